The number of nitrogens with zero attached hydrogens (tertiary/aromatic N) is 1. The number of halogens is 2. The first-order chi connectivity index (χ1) is 14.9. The van der Waals surface area contributed by atoms with E-state index in [0.717, 1.165) is 11.6 Å². The van der Waals surface area contributed by atoms with Crippen LogP contribution in [0.4, 0.5) is 4.39 Å². The number of nitrogens with one attached hydrogen (secondary N) is 2. The van der Waals surface area contributed by atoms with Crippen molar-refractivity contribution in [3.63, 3.8) is 0 Å². The van der Waals surface area contributed by atoms with Crippen LogP contribution in [0.2, 0.25) is 5.02 Å². The van der Waals surface area contributed by atoms with Gasteiger partial charge < -0.3 is 15.4 Å². The summed E-state index contributed by atoms with van der Waals surface area (Å²) in [6.45, 7) is 3.78. The molecule has 0 saturated heterocycles. The quantitative estimate of drug-likeness (QED) is 0.578. The molecule has 162 valence electrons. The first-order valence-corrected chi connectivity index (χ1v) is 10.3. The summed E-state index contributed by atoms with van der Waals surface area (Å²) < 4.78 is 18.6. The Labute approximate surface area is 185 Å². The van der Waals surface area contributed by atoms with Gasteiger partial charge in [-0.3, -0.25) is 14.6 Å². The highest BCUT2D eigenvalue weighted by Gasteiger charge is 2.17. The Kier molecular flexibility index (Phi) is 7.78. The Morgan fingerprint density at radius 2 is 2.10 bits per heavy atom. The molecule has 6 nitrogen and oxygen atoms in total. The number of allylic oxidation sites excluding steroid dienone is 1. The Morgan fingerprint density at radius 3 is 2.77 bits per heavy atom. The van der Waals surface area contributed by atoms with Gasteiger partial charge in [-0.1, -0.05) is 36.4 Å². The molecule has 0 bridgehead atoms. The van der Waals surface area contributed by atoms with Gasteiger partial charge in [0, 0.05) is 30.9 Å². The summed E-state index contributed by atoms with van der Waals surface area (Å²) in [5.74, 6) is -0.479. The van der Waals surface area contributed by atoms with Crippen LogP contribution in [0.25, 0.3) is 6.08 Å². The maximum Gasteiger partial charge on any atom is 0.273 e. The van der Waals surface area contributed by atoms with E-state index in [1.54, 1.807) is 12.3 Å². The zero-order valence-electron chi connectivity index (χ0n) is 16.9. The topological polar surface area (TPSA) is 80.3 Å². The third-order valence-corrected chi connectivity index (χ3v) is 4.81. The van der Waals surface area contributed by atoms with E-state index < -0.39 is 5.82 Å². The van der Waals surface area contributed by atoms with Crippen molar-refractivity contribution < 1.29 is 18.7 Å². The summed E-state index contributed by atoms with van der Waals surface area (Å²) in [5.41, 5.74) is 1.69. The number of ether oxygens (including phenoxy) is 1. The van der Waals surface area contributed by atoms with E-state index >= 15 is 0 Å². The van der Waals surface area contributed by atoms with Crippen LogP contribution in [-0.2, 0) is 4.79 Å². The molecule has 1 aromatic carbocycles. The fraction of sp³-hybridized carbons (Fsp3) is 0.261. The molecule has 1 aliphatic rings. The Hall–Kier alpha value is -3.19. The van der Waals surface area contributed by atoms with E-state index in [1.807, 2.05) is 12.1 Å². The van der Waals surface area contributed by atoms with E-state index in [-0.39, 0.29) is 41.4 Å². The summed E-state index contributed by atoms with van der Waals surface area (Å²) >= 11 is 5.59. The lowest BCUT2D eigenvalue weighted by Gasteiger charge is -2.10. The molecule has 3 rings (SSSR count). The highest BCUT2D eigenvalue weighted by molar-refractivity contribution is 6.30. The van der Waals surface area contributed by atoms with Crippen molar-refractivity contribution in [2.75, 3.05) is 13.2 Å². The van der Waals surface area contributed by atoms with E-state index in [0.29, 0.717) is 18.0 Å². The van der Waals surface area contributed by atoms with Crippen molar-refractivity contribution in [1.29, 1.82) is 0 Å². The molecular formula is C23H23ClFN3O3. The highest BCUT2D eigenvalue weighted by Crippen LogP contribution is 2.30. The van der Waals surface area contributed by atoms with Crippen LogP contribution in [-0.4, -0.2) is 29.9 Å². The van der Waals surface area contributed by atoms with Crippen LogP contribution >= 0.6 is 11.6 Å². The maximum atomic E-state index is 13.3. The Balaban J connectivity index is 1.34. The van der Waals surface area contributed by atoms with Crippen LogP contribution in [0.15, 0.2) is 54.9 Å². The van der Waals surface area contributed by atoms with E-state index in [2.05, 4.69) is 28.3 Å². The van der Waals surface area contributed by atoms with Crippen LogP contribution in [0.5, 0.6) is 5.75 Å². The van der Waals surface area contributed by atoms with Crippen molar-refractivity contribution >= 4 is 29.5 Å². The fourth-order valence-corrected chi connectivity index (χ4v) is 2.70. The van der Waals surface area contributed by atoms with Gasteiger partial charge in [0.15, 0.2) is 6.61 Å². The van der Waals surface area contributed by atoms with E-state index in [4.69, 9.17) is 16.3 Å². The molecule has 8 heteroatoms. The van der Waals surface area contributed by atoms with Crippen LogP contribution < -0.4 is 15.4 Å². The van der Waals surface area contributed by atoms with Gasteiger partial charge in [-0.05, 0) is 42.5 Å². The van der Waals surface area contributed by atoms with Crippen molar-refractivity contribution in [2.45, 2.75) is 19.3 Å². The van der Waals surface area contributed by atoms with Crippen molar-refractivity contribution in [2.24, 2.45) is 5.92 Å². The van der Waals surface area contributed by atoms with Gasteiger partial charge in [-0.2, -0.15) is 0 Å². The number of hydrogen-bond acceptors (Lipinski definition) is 4. The smallest absolute Gasteiger partial charge is 0.273 e. The number of hydrogen-bond donors (Lipinski definition) is 2. The van der Waals surface area contributed by atoms with Crippen molar-refractivity contribution in [3.8, 4) is 5.75 Å². The van der Waals surface area contributed by atoms with E-state index in [1.165, 1.54) is 25.0 Å². The average Bonchev–Trinajstić information content (AvgIpc) is 3.58. The Bertz CT molecular complexity index is 988. The molecule has 0 spiro atoms. The molecular weight excluding hydrogens is 421 g/mol. The molecule has 1 saturated carbocycles. The maximum absolute atomic E-state index is 13.3. The second-order valence-corrected chi connectivity index (χ2v) is 7.60. The van der Waals surface area contributed by atoms with Crippen molar-refractivity contribution in [1.82, 2.24) is 15.6 Å². The Morgan fingerprint density at radius 1 is 1.29 bits per heavy atom. The van der Waals surface area contributed by atoms with Crippen LogP contribution in [0.1, 0.15) is 35.3 Å². The molecule has 31 heavy (non-hydrogen) atoms. The van der Waals surface area contributed by atoms with Crippen LogP contribution in [0.3, 0.4) is 0 Å². The van der Waals surface area contributed by atoms with Gasteiger partial charge in [0.25, 0.3) is 11.8 Å². The zero-order chi connectivity index (χ0) is 22.2. The van der Waals surface area contributed by atoms with Gasteiger partial charge in [0.2, 0.25) is 0 Å². The zero-order valence-corrected chi connectivity index (χ0v) is 17.6. The second kappa shape index (κ2) is 10.7. The minimum Gasteiger partial charge on any atom is -0.484 e. The summed E-state index contributed by atoms with van der Waals surface area (Å²) in [6, 6.07) is 7.44. The third kappa shape index (κ3) is 7.53. The molecule has 1 aromatic heterocycles. The monoisotopic (exact) mass is 443 g/mol. The molecule has 1 heterocycles. The summed E-state index contributed by atoms with van der Waals surface area (Å²) in [5, 5.41) is 5.29. The molecule has 0 unspecified atom stereocenters. The van der Waals surface area contributed by atoms with E-state index in [9.17, 15) is 14.0 Å². The summed E-state index contributed by atoms with van der Waals surface area (Å²) in [4.78, 5) is 28.3. The highest BCUT2D eigenvalue weighted by atomic mass is 35.5. The molecule has 0 radical (unpaired) electrons. The molecule has 1 fully saturated rings. The largest absolute Gasteiger partial charge is 0.484 e. The standard InChI is InChI=1S/C23H23ClFN3O3/c1-15(10-11-26-22(29)14-31-18-7-8-19(24)20(25)12-18)28-23(30)21-9-6-17(13-27-21)5-4-16-2-3-16/h4-9,12-13,16H,1-3,10-11,14H2,(H,26,29)(H,28,30)/b5-4+. The number of carbonyl (C=O) groups is 2. The predicted octanol–water partition coefficient (Wildman–Crippen LogP) is 4.13. The molecule has 0 atom stereocenters. The first-order valence-electron chi connectivity index (χ1n) is 9.88. The summed E-state index contributed by atoms with van der Waals surface area (Å²) in [7, 11) is 0. The molecule has 2 amide bonds. The van der Waals surface area contributed by atoms with Gasteiger partial charge in [0.1, 0.15) is 17.3 Å². The summed E-state index contributed by atoms with van der Waals surface area (Å²) in [6.07, 6.45) is 8.65. The lowest BCUT2D eigenvalue weighted by atomic mass is 10.2. The second-order valence-electron chi connectivity index (χ2n) is 7.20. The number of aromatic nitrogens is 1. The van der Waals surface area contributed by atoms with Gasteiger partial charge in [0.05, 0.1) is 5.02 Å². The molecule has 0 aliphatic heterocycles. The van der Waals surface area contributed by atoms with Gasteiger partial charge in [-0.15, -0.1) is 0 Å². The third-order valence-electron chi connectivity index (χ3n) is 4.50. The van der Waals surface area contributed by atoms with Gasteiger partial charge in [-0.25, -0.2) is 4.39 Å². The number of rotatable bonds is 10. The number of benzene rings is 1. The number of pyridine rings is 1. The number of carbonyl (C=O) groups excluding carboxylic acids is 2. The fourth-order valence-electron chi connectivity index (χ4n) is 2.58. The lowest BCUT2D eigenvalue weighted by molar-refractivity contribution is -0.123. The minimum absolute atomic E-state index is 0.0195. The molecule has 2 aromatic rings. The normalized spacial score (nSPS) is 13.1. The molecule has 1 aliphatic carbocycles. The first kappa shape index (κ1) is 22.5. The van der Waals surface area contributed by atoms with Crippen LogP contribution in [0, 0.1) is 11.7 Å². The molecule has 2 N–H and O–H groups in total. The minimum atomic E-state index is -0.620. The average molecular weight is 444 g/mol. The number of amides is 2. The SMILES string of the molecule is C=C(CCNC(=O)COc1ccc(Cl)c(F)c1)NC(=O)c1ccc(/C=C/C2CC2)cn1. The van der Waals surface area contributed by atoms with Gasteiger partial charge >= 0.3 is 0 Å². The lowest BCUT2D eigenvalue weighted by Crippen LogP contribution is -2.31. The predicted molar refractivity (Wildman–Crippen MR) is 117 cm³/mol. The van der Waals surface area contributed by atoms with Crippen molar-refractivity contribution in [3.05, 3.63) is 77.0 Å².